The summed E-state index contributed by atoms with van der Waals surface area (Å²) in [5.74, 6) is -0.974. The molecule has 0 aliphatic rings. The van der Waals surface area contributed by atoms with Gasteiger partial charge in [-0.3, -0.25) is 9.59 Å². The summed E-state index contributed by atoms with van der Waals surface area (Å²) in [5, 5.41) is 2.57. The van der Waals surface area contributed by atoms with E-state index in [1.807, 2.05) is 24.3 Å². The highest BCUT2D eigenvalue weighted by atomic mass is 79.9. The molecule has 0 radical (unpaired) electrons. The van der Waals surface area contributed by atoms with Crippen molar-refractivity contribution in [3.63, 3.8) is 0 Å². The second kappa shape index (κ2) is 9.49. The Kier molecular flexibility index (Phi) is 7.96. The van der Waals surface area contributed by atoms with Gasteiger partial charge in [0.15, 0.2) is 0 Å². The van der Waals surface area contributed by atoms with Crippen LogP contribution in [0.5, 0.6) is 0 Å². The average molecular weight is 359 g/mol. The van der Waals surface area contributed by atoms with E-state index < -0.39 is 11.9 Å². The molecule has 0 aromatic heterocycles. The lowest BCUT2D eigenvalue weighted by Crippen LogP contribution is -2.47. The maximum atomic E-state index is 11.7. The molecule has 2 amide bonds. The summed E-state index contributed by atoms with van der Waals surface area (Å²) in [7, 11) is 1.55. The monoisotopic (exact) mass is 358 g/mol. The van der Waals surface area contributed by atoms with Crippen LogP contribution >= 0.6 is 15.9 Å². The molecule has 21 heavy (non-hydrogen) atoms. The smallest absolute Gasteiger partial charge is 0.246 e. The van der Waals surface area contributed by atoms with Gasteiger partial charge in [-0.15, -0.1) is 0 Å². The number of nitrogens with two attached hydrogens (primary N) is 1. The van der Waals surface area contributed by atoms with Crippen LogP contribution in [0.4, 0.5) is 0 Å². The molecule has 0 spiro atoms. The highest BCUT2D eigenvalue weighted by Crippen LogP contribution is 2.17. The van der Waals surface area contributed by atoms with Gasteiger partial charge >= 0.3 is 0 Å². The maximum Gasteiger partial charge on any atom is 0.246 e. The molecule has 1 rings (SSSR count). The van der Waals surface area contributed by atoms with Gasteiger partial charge in [0.25, 0.3) is 0 Å². The number of benzene rings is 1. The van der Waals surface area contributed by atoms with Crippen molar-refractivity contribution in [3.8, 4) is 0 Å². The molecule has 6 nitrogen and oxygen atoms in total. The van der Waals surface area contributed by atoms with Crippen LogP contribution in [0.15, 0.2) is 28.7 Å². The number of methoxy groups -OCH3 is 1. The number of halogens is 1. The molecule has 1 aromatic carbocycles. The average Bonchev–Trinajstić information content (AvgIpc) is 2.45. The summed E-state index contributed by atoms with van der Waals surface area (Å²) >= 11 is 3.40. The van der Waals surface area contributed by atoms with E-state index in [4.69, 9.17) is 15.2 Å². The molecule has 0 fully saturated rings. The Morgan fingerprint density at radius 3 is 2.67 bits per heavy atom. The zero-order valence-electron chi connectivity index (χ0n) is 11.8. The predicted molar refractivity (Wildman–Crippen MR) is 81.7 cm³/mol. The molecule has 0 heterocycles. The SMILES string of the molecule is COCCOCC(=O)N[C@@H](Cc1ccccc1Br)C(N)=O. The van der Waals surface area contributed by atoms with Crippen molar-refractivity contribution in [1.82, 2.24) is 5.32 Å². The Morgan fingerprint density at radius 2 is 2.05 bits per heavy atom. The molecule has 1 aromatic rings. The molecular weight excluding hydrogens is 340 g/mol. The van der Waals surface area contributed by atoms with Crippen molar-refractivity contribution in [2.45, 2.75) is 12.5 Å². The minimum atomic E-state index is -0.776. The largest absolute Gasteiger partial charge is 0.382 e. The first-order valence-corrected chi connectivity index (χ1v) is 7.22. The number of rotatable bonds is 9. The summed E-state index contributed by atoms with van der Waals surface area (Å²) in [6, 6.07) is 6.68. The van der Waals surface area contributed by atoms with Crippen molar-refractivity contribution in [1.29, 1.82) is 0 Å². The molecule has 0 aliphatic heterocycles. The predicted octanol–water partition coefficient (Wildman–Crippen LogP) is 0.625. The summed E-state index contributed by atoms with van der Waals surface area (Å²) in [6.45, 7) is 0.585. The first-order valence-electron chi connectivity index (χ1n) is 6.43. The van der Waals surface area contributed by atoms with Gasteiger partial charge in [-0.25, -0.2) is 0 Å². The fourth-order valence-corrected chi connectivity index (χ4v) is 2.10. The molecule has 0 saturated heterocycles. The molecule has 1 atom stereocenters. The standard InChI is InChI=1S/C14H19BrN2O4/c1-20-6-7-21-9-13(18)17-12(14(16)19)8-10-4-2-3-5-11(10)15/h2-5,12H,6-9H2,1H3,(H2,16,19)(H,17,18)/t12-/m0/s1. The van der Waals surface area contributed by atoms with Crippen molar-refractivity contribution in [2.24, 2.45) is 5.73 Å². The van der Waals surface area contributed by atoms with Gasteiger partial charge in [0.05, 0.1) is 13.2 Å². The number of carbonyl (C=O) groups excluding carboxylic acids is 2. The Balaban J connectivity index is 2.52. The third-order valence-corrected chi connectivity index (χ3v) is 3.50. The van der Waals surface area contributed by atoms with Crippen LogP contribution in [-0.2, 0) is 25.5 Å². The highest BCUT2D eigenvalue weighted by Gasteiger charge is 2.19. The number of primary amides is 1. The van der Waals surface area contributed by atoms with Crippen LogP contribution in [0, 0.1) is 0 Å². The number of hydrogen-bond donors (Lipinski definition) is 2. The highest BCUT2D eigenvalue weighted by molar-refractivity contribution is 9.10. The summed E-state index contributed by atoms with van der Waals surface area (Å²) in [4.78, 5) is 23.2. The van der Waals surface area contributed by atoms with E-state index in [0.717, 1.165) is 10.0 Å². The Hall–Kier alpha value is -1.44. The van der Waals surface area contributed by atoms with E-state index in [1.165, 1.54) is 0 Å². The fourth-order valence-electron chi connectivity index (χ4n) is 1.65. The zero-order chi connectivity index (χ0) is 15.7. The Morgan fingerprint density at radius 1 is 1.33 bits per heavy atom. The van der Waals surface area contributed by atoms with Gasteiger partial charge in [0, 0.05) is 18.0 Å². The molecule has 0 aliphatic carbocycles. The lowest BCUT2D eigenvalue weighted by atomic mass is 10.1. The Labute approximate surface area is 132 Å². The quantitative estimate of drug-likeness (QED) is 0.633. The topological polar surface area (TPSA) is 90.7 Å². The van der Waals surface area contributed by atoms with Crippen LogP contribution in [0.1, 0.15) is 5.56 Å². The van der Waals surface area contributed by atoms with Crippen LogP contribution < -0.4 is 11.1 Å². The normalized spacial score (nSPS) is 11.9. The minimum absolute atomic E-state index is 0.136. The lowest BCUT2D eigenvalue weighted by molar-refractivity contribution is -0.130. The summed E-state index contributed by atoms with van der Waals surface area (Å²) < 4.78 is 10.8. The first-order chi connectivity index (χ1) is 10.0. The van der Waals surface area contributed by atoms with E-state index in [1.54, 1.807) is 7.11 Å². The second-order valence-corrected chi connectivity index (χ2v) is 5.22. The summed E-state index contributed by atoms with van der Waals surface area (Å²) in [5.41, 5.74) is 6.22. The number of hydrogen-bond acceptors (Lipinski definition) is 4. The van der Waals surface area contributed by atoms with Crippen LogP contribution in [0.3, 0.4) is 0 Å². The van der Waals surface area contributed by atoms with Crippen molar-refractivity contribution >= 4 is 27.7 Å². The van der Waals surface area contributed by atoms with Crippen LogP contribution in [0.2, 0.25) is 0 Å². The van der Waals surface area contributed by atoms with Crippen molar-refractivity contribution < 1.29 is 19.1 Å². The van der Waals surface area contributed by atoms with Gasteiger partial charge in [-0.2, -0.15) is 0 Å². The summed E-state index contributed by atoms with van der Waals surface area (Å²) in [6.07, 6.45) is 0.320. The number of amides is 2. The van der Waals surface area contributed by atoms with Gasteiger partial charge in [0.2, 0.25) is 11.8 Å². The van der Waals surface area contributed by atoms with E-state index >= 15 is 0 Å². The second-order valence-electron chi connectivity index (χ2n) is 4.36. The van der Waals surface area contributed by atoms with E-state index in [-0.39, 0.29) is 12.5 Å². The van der Waals surface area contributed by atoms with Crippen LogP contribution in [0.25, 0.3) is 0 Å². The van der Waals surface area contributed by atoms with E-state index in [0.29, 0.717) is 19.6 Å². The number of nitrogens with one attached hydrogen (secondary N) is 1. The minimum Gasteiger partial charge on any atom is -0.382 e. The van der Waals surface area contributed by atoms with E-state index in [2.05, 4.69) is 21.2 Å². The van der Waals surface area contributed by atoms with Crippen molar-refractivity contribution in [3.05, 3.63) is 34.3 Å². The van der Waals surface area contributed by atoms with Crippen molar-refractivity contribution in [2.75, 3.05) is 26.9 Å². The zero-order valence-corrected chi connectivity index (χ0v) is 13.4. The fraction of sp³-hybridized carbons (Fsp3) is 0.429. The molecule has 3 N–H and O–H groups in total. The molecule has 0 unspecified atom stereocenters. The number of carbonyl (C=O) groups is 2. The number of ether oxygens (including phenoxy) is 2. The molecular formula is C14H19BrN2O4. The molecule has 0 bridgehead atoms. The van der Waals surface area contributed by atoms with Gasteiger partial charge in [0.1, 0.15) is 12.6 Å². The molecule has 7 heteroatoms. The molecule has 116 valence electrons. The maximum absolute atomic E-state index is 11.7. The molecule has 0 saturated carbocycles. The lowest BCUT2D eigenvalue weighted by Gasteiger charge is -2.16. The first kappa shape index (κ1) is 17.6. The third kappa shape index (κ3) is 6.70. The third-order valence-electron chi connectivity index (χ3n) is 2.73. The van der Waals surface area contributed by atoms with Gasteiger partial charge in [-0.05, 0) is 11.6 Å². The van der Waals surface area contributed by atoms with Crippen LogP contribution in [-0.4, -0.2) is 44.8 Å². The van der Waals surface area contributed by atoms with Gasteiger partial charge < -0.3 is 20.5 Å². The van der Waals surface area contributed by atoms with E-state index in [9.17, 15) is 9.59 Å². The van der Waals surface area contributed by atoms with Gasteiger partial charge in [-0.1, -0.05) is 34.1 Å². The Bertz CT molecular complexity index is 482.